The molecule has 5 nitrogen and oxygen atoms in total. The molecule has 0 heterocycles. The van der Waals surface area contributed by atoms with Crippen molar-refractivity contribution in [1.82, 2.24) is 5.32 Å². The van der Waals surface area contributed by atoms with Gasteiger partial charge in [0, 0.05) is 17.1 Å². The molecule has 0 saturated carbocycles. The Morgan fingerprint density at radius 2 is 2.00 bits per heavy atom. The van der Waals surface area contributed by atoms with Gasteiger partial charge in [-0.2, -0.15) is 0 Å². The van der Waals surface area contributed by atoms with Crippen molar-refractivity contribution in [2.45, 2.75) is 6.54 Å². The number of nitro groups is 1. The Morgan fingerprint density at radius 1 is 1.29 bits per heavy atom. The van der Waals surface area contributed by atoms with E-state index >= 15 is 0 Å². The van der Waals surface area contributed by atoms with E-state index in [4.69, 9.17) is 11.6 Å². The molecule has 108 valence electrons. The van der Waals surface area contributed by atoms with Gasteiger partial charge in [-0.15, -0.1) is 0 Å². The normalized spacial score (nSPS) is 10.2. The lowest BCUT2D eigenvalue weighted by molar-refractivity contribution is -0.385. The Bertz CT molecular complexity index is 706. The molecule has 0 aliphatic heterocycles. The Morgan fingerprint density at radius 3 is 2.67 bits per heavy atom. The first-order chi connectivity index (χ1) is 9.99. The molecule has 2 aromatic carbocycles. The van der Waals surface area contributed by atoms with Gasteiger partial charge >= 0.3 is 0 Å². The number of carbonyl (C=O) groups is 1. The largest absolute Gasteiger partial charge is 0.348 e. The Balaban J connectivity index is 2.19. The molecule has 0 fully saturated rings. The van der Waals surface area contributed by atoms with E-state index in [1.54, 1.807) is 0 Å². The average molecular weight is 370 g/mol. The molecule has 0 atom stereocenters. The minimum atomic E-state index is -0.625. The number of halogens is 2. The van der Waals surface area contributed by atoms with Gasteiger partial charge in [0.15, 0.2) is 0 Å². The van der Waals surface area contributed by atoms with Gasteiger partial charge < -0.3 is 5.32 Å². The smallest absolute Gasteiger partial charge is 0.283 e. The fourth-order valence-electron chi connectivity index (χ4n) is 1.81. The predicted molar refractivity (Wildman–Crippen MR) is 83.4 cm³/mol. The number of benzene rings is 2. The maximum absolute atomic E-state index is 12.1. The van der Waals surface area contributed by atoms with Crippen LogP contribution >= 0.6 is 27.5 Å². The van der Waals surface area contributed by atoms with Gasteiger partial charge in [-0.3, -0.25) is 14.9 Å². The summed E-state index contributed by atoms with van der Waals surface area (Å²) in [7, 11) is 0. The molecule has 1 N–H and O–H groups in total. The molecule has 0 aliphatic carbocycles. The highest BCUT2D eigenvalue weighted by molar-refractivity contribution is 9.10. The summed E-state index contributed by atoms with van der Waals surface area (Å²) >= 11 is 9.24. The first kappa shape index (κ1) is 15.5. The van der Waals surface area contributed by atoms with Crippen molar-refractivity contribution in [3.8, 4) is 0 Å². The van der Waals surface area contributed by atoms with Crippen LogP contribution in [0, 0.1) is 10.1 Å². The van der Waals surface area contributed by atoms with Gasteiger partial charge in [0.25, 0.3) is 11.6 Å². The molecule has 2 aromatic rings. The highest BCUT2D eigenvalue weighted by Gasteiger charge is 2.22. The van der Waals surface area contributed by atoms with Crippen LogP contribution in [-0.2, 0) is 6.54 Å². The van der Waals surface area contributed by atoms with E-state index in [0.717, 1.165) is 10.0 Å². The van der Waals surface area contributed by atoms with Crippen molar-refractivity contribution in [2.75, 3.05) is 0 Å². The third-order valence-electron chi connectivity index (χ3n) is 2.76. The lowest BCUT2D eigenvalue weighted by Crippen LogP contribution is -2.24. The SMILES string of the molecule is O=C(NCc1cccc(Br)c1)c1c(Cl)cccc1[N+](=O)[O-]. The van der Waals surface area contributed by atoms with Gasteiger partial charge in [-0.25, -0.2) is 0 Å². The van der Waals surface area contributed by atoms with Crippen LogP contribution in [0.1, 0.15) is 15.9 Å². The number of nitro benzene ring substituents is 1. The molecule has 21 heavy (non-hydrogen) atoms. The van der Waals surface area contributed by atoms with Crippen molar-refractivity contribution in [3.63, 3.8) is 0 Å². The highest BCUT2D eigenvalue weighted by atomic mass is 79.9. The van der Waals surface area contributed by atoms with Gasteiger partial charge in [-0.1, -0.05) is 45.7 Å². The van der Waals surface area contributed by atoms with Crippen LogP contribution in [0.25, 0.3) is 0 Å². The summed E-state index contributed by atoms with van der Waals surface area (Å²) in [6.45, 7) is 0.251. The monoisotopic (exact) mass is 368 g/mol. The number of hydrogen-bond acceptors (Lipinski definition) is 3. The second-order valence-corrected chi connectivity index (χ2v) is 5.53. The van der Waals surface area contributed by atoms with E-state index in [1.165, 1.54) is 18.2 Å². The summed E-state index contributed by atoms with van der Waals surface area (Å²) in [5.41, 5.74) is 0.431. The minimum Gasteiger partial charge on any atom is -0.348 e. The topological polar surface area (TPSA) is 72.2 Å². The van der Waals surface area contributed by atoms with Gasteiger partial charge in [0.1, 0.15) is 5.56 Å². The predicted octanol–water partition coefficient (Wildman–Crippen LogP) is 3.94. The molecule has 0 saturated heterocycles. The van der Waals surface area contributed by atoms with Crippen molar-refractivity contribution < 1.29 is 9.72 Å². The fraction of sp³-hybridized carbons (Fsp3) is 0.0714. The molecule has 0 aliphatic rings. The standard InChI is InChI=1S/C14H10BrClN2O3/c15-10-4-1-3-9(7-10)8-17-14(19)13-11(16)5-2-6-12(13)18(20)21/h1-7H,8H2,(H,17,19). The molecule has 0 unspecified atom stereocenters. The van der Waals surface area contributed by atoms with Crippen molar-refractivity contribution in [1.29, 1.82) is 0 Å². The van der Waals surface area contributed by atoms with Crippen LogP contribution in [0.5, 0.6) is 0 Å². The van der Waals surface area contributed by atoms with Gasteiger partial charge in [0.2, 0.25) is 0 Å². The molecule has 0 radical (unpaired) electrons. The Hall–Kier alpha value is -1.92. The lowest BCUT2D eigenvalue weighted by Gasteiger charge is -2.07. The molecule has 7 heteroatoms. The maximum Gasteiger partial charge on any atom is 0.283 e. The van der Waals surface area contributed by atoms with Crippen molar-refractivity contribution in [2.24, 2.45) is 0 Å². The van der Waals surface area contributed by atoms with Crippen LogP contribution in [-0.4, -0.2) is 10.8 Å². The van der Waals surface area contributed by atoms with E-state index in [2.05, 4.69) is 21.2 Å². The summed E-state index contributed by atoms with van der Waals surface area (Å²) in [4.78, 5) is 22.5. The van der Waals surface area contributed by atoms with E-state index in [0.29, 0.717) is 0 Å². The zero-order chi connectivity index (χ0) is 15.4. The summed E-state index contributed by atoms with van der Waals surface area (Å²) in [6, 6.07) is 11.5. The Kier molecular flexibility index (Phi) is 4.93. The molecule has 0 bridgehead atoms. The summed E-state index contributed by atoms with van der Waals surface area (Å²) in [6.07, 6.45) is 0. The third kappa shape index (κ3) is 3.80. The van der Waals surface area contributed by atoms with Crippen LogP contribution in [0.2, 0.25) is 5.02 Å². The first-order valence-corrected chi connectivity index (χ1v) is 7.11. The van der Waals surface area contributed by atoms with E-state index < -0.39 is 10.8 Å². The number of hydrogen-bond donors (Lipinski definition) is 1. The molecule has 0 spiro atoms. The minimum absolute atomic E-state index is 0.0518. The Labute approximate surface area is 134 Å². The quantitative estimate of drug-likeness (QED) is 0.655. The van der Waals surface area contributed by atoms with Crippen molar-refractivity contribution in [3.05, 3.63) is 73.2 Å². The van der Waals surface area contributed by atoms with Crippen LogP contribution in [0.15, 0.2) is 46.9 Å². The molecule has 2 rings (SSSR count). The molecule has 0 aromatic heterocycles. The van der Waals surface area contributed by atoms with Gasteiger partial charge in [0.05, 0.1) is 9.95 Å². The first-order valence-electron chi connectivity index (χ1n) is 5.94. The molecular formula is C14H10BrClN2O3. The third-order valence-corrected chi connectivity index (χ3v) is 3.57. The number of nitrogens with one attached hydrogen (secondary N) is 1. The summed E-state index contributed by atoms with van der Waals surface area (Å²) < 4.78 is 0.887. The number of amides is 1. The summed E-state index contributed by atoms with van der Waals surface area (Å²) in [5, 5.41) is 13.6. The number of nitrogens with zero attached hydrogens (tertiary/aromatic N) is 1. The maximum atomic E-state index is 12.1. The van der Waals surface area contributed by atoms with E-state index in [1.807, 2.05) is 24.3 Å². The summed E-state index contributed by atoms with van der Waals surface area (Å²) in [5.74, 6) is -0.577. The van der Waals surface area contributed by atoms with Crippen LogP contribution < -0.4 is 5.32 Å². The lowest BCUT2D eigenvalue weighted by atomic mass is 10.1. The van der Waals surface area contributed by atoms with Crippen LogP contribution in [0.4, 0.5) is 5.69 Å². The number of rotatable bonds is 4. The zero-order valence-corrected chi connectivity index (χ0v) is 13.0. The van der Waals surface area contributed by atoms with Crippen LogP contribution in [0.3, 0.4) is 0 Å². The van der Waals surface area contributed by atoms with E-state index in [9.17, 15) is 14.9 Å². The van der Waals surface area contributed by atoms with Gasteiger partial charge in [-0.05, 0) is 23.8 Å². The number of carbonyl (C=O) groups excluding carboxylic acids is 1. The van der Waals surface area contributed by atoms with Crippen molar-refractivity contribution >= 4 is 39.1 Å². The fourth-order valence-corrected chi connectivity index (χ4v) is 2.51. The second-order valence-electron chi connectivity index (χ2n) is 4.20. The molecule has 1 amide bonds. The second kappa shape index (κ2) is 6.69. The average Bonchev–Trinajstić information content (AvgIpc) is 2.44. The molecular weight excluding hydrogens is 360 g/mol. The highest BCUT2D eigenvalue weighted by Crippen LogP contribution is 2.26. The zero-order valence-electron chi connectivity index (χ0n) is 10.7. The van der Waals surface area contributed by atoms with E-state index in [-0.39, 0.29) is 22.8 Å².